The maximum absolute atomic E-state index is 11.3. The van der Waals surface area contributed by atoms with E-state index in [1.165, 1.54) is 0 Å². The zero-order chi connectivity index (χ0) is 13.0. The van der Waals surface area contributed by atoms with Crippen LogP contribution in [0.4, 0.5) is 0 Å². The first-order chi connectivity index (χ1) is 8.74. The molecule has 1 aliphatic rings. The predicted molar refractivity (Wildman–Crippen MR) is 63.7 cm³/mol. The van der Waals surface area contributed by atoms with Crippen molar-refractivity contribution in [3.05, 3.63) is 18.0 Å². The van der Waals surface area contributed by atoms with Crippen molar-refractivity contribution in [2.45, 2.75) is 25.5 Å². The molecular weight excluding hydrogens is 234 g/mol. The third kappa shape index (κ3) is 2.88. The van der Waals surface area contributed by atoms with Gasteiger partial charge in [-0.1, -0.05) is 0 Å². The van der Waals surface area contributed by atoms with Crippen LogP contribution in [0.3, 0.4) is 0 Å². The van der Waals surface area contributed by atoms with Gasteiger partial charge in [0.1, 0.15) is 6.61 Å². The lowest BCUT2D eigenvalue weighted by Crippen LogP contribution is -2.40. The van der Waals surface area contributed by atoms with E-state index in [-0.39, 0.29) is 5.91 Å². The molecule has 1 fully saturated rings. The standard InChI is InChI=1S/C12H18N3O3/c1-18-9-10-2-7-15(13-10)11-3-5-14(6-4-11)12(17)8-16/h7,11,16H,3-6,8-9H2,1H3. The van der Waals surface area contributed by atoms with E-state index in [9.17, 15) is 4.79 Å². The molecule has 1 amide bonds. The first-order valence-electron chi connectivity index (χ1n) is 6.08. The average molecular weight is 252 g/mol. The summed E-state index contributed by atoms with van der Waals surface area (Å²) < 4.78 is 6.90. The predicted octanol–water partition coefficient (Wildman–Crippen LogP) is -0.0145. The van der Waals surface area contributed by atoms with Crippen molar-refractivity contribution >= 4 is 5.91 Å². The molecule has 99 valence electrons. The first kappa shape index (κ1) is 13.0. The van der Waals surface area contributed by atoms with Crippen LogP contribution in [0.5, 0.6) is 0 Å². The Balaban J connectivity index is 1.90. The lowest BCUT2D eigenvalue weighted by Gasteiger charge is -2.31. The van der Waals surface area contributed by atoms with Crippen LogP contribution < -0.4 is 0 Å². The number of hydrogen-bond acceptors (Lipinski definition) is 4. The molecule has 0 aromatic carbocycles. The van der Waals surface area contributed by atoms with Gasteiger partial charge in [0.2, 0.25) is 5.91 Å². The van der Waals surface area contributed by atoms with E-state index in [1.54, 1.807) is 12.0 Å². The van der Waals surface area contributed by atoms with Gasteiger partial charge in [0.05, 0.1) is 18.3 Å². The molecular formula is C12H18N3O3. The lowest BCUT2D eigenvalue weighted by molar-refractivity contribution is -0.135. The second-order valence-corrected chi connectivity index (χ2v) is 4.40. The Labute approximate surface area is 106 Å². The summed E-state index contributed by atoms with van der Waals surface area (Å²) in [4.78, 5) is 13.0. The lowest BCUT2D eigenvalue weighted by atomic mass is 10.1. The number of piperidine rings is 1. The number of carbonyl (C=O) groups is 1. The van der Waals surface area contributed by atoms with Gasteiger partial charge in [-0.2, -0.15) is 5.10 Å². The normalized spacial score (nSPS) is 17.1. The Hall–Kier alpha value is -1.40. The van der Waals surface area contributed by atoms with E-state index in [1.807, 2.05) is 10.9 Å². The summed E-state index contributed by atoms with van der Waals surface area (Å²) in [6.45, 7) is 1.40. The molecule has 6 nitrogen and oxygen atoms in total. The summed E-state index contributed by atoms with van der Waals surface area (Å²) in [6.07, 6.45) is 3.55. The quantitative estimate of drug-likeness (QED) is 0.818. The zero-order valence-electron chi connectivity index (χ0n) is 10.5. The SMILES string of the molecule is COCc1[c]cn(C2CCN(C(=O)CO)CC2)n1. The molecule has 1 aliphatic heterocycles. The van der Waals surface area contributed by atoms with E-state index in [0.717, 1.165) is 18.5 Å². The molecule has 2 rings (SSSR count). The highest BCUT2D eigenvalue weighted by Gasteiger charge is 2.23. The minimum Gasteiger partial charge on any atom is -0.387 e. The van der Waals surface area contributed by atoms with E-state index in [4.69, 9.17) is 9.84 Å². The molecule has 0 aliphatic carbocycles. The van der Waals surface area contributed by atoms with Gasteiger partial charge < -0.3 is 14.7 Å². The molecule has 1 N–H and O–H groups in total. The number of likely N-dealkylation sites (tertiary alicyclic amines) is 1. The van der Waals surface area contributed by atoms with Crippen molar-refractivity contribution in [1.29, 1.82) is 0 Å². The van der Waals surface area contributed by atoms with E-state index in [0.29, 0.717) is 25.7 Å². The average Bonchev–Trinajstić information content (AvgIpc) is 2.87. The Kier molecular flexibility index (Phi) is 4.33. The molecule has 0 bridgehead atoms. The highest BCUT2D eigenvalue weighted by atomic mass is 16.5. The van der Waals surface area contributed by atoms with Crippen LogP contribution in [0.1, 0.15) is 24.6 Å². The van der Waals surface area contributed by atoms with Crippen LogP contribution >= 0.6 is 0 Å². The molecule has 0 unspecified atom stereocenters. The molecule has 0 atom stereocenters. The summed E-state index contributed by atoms with van der Waals surface area (Å²) in [6, 6.07) is 3.36. The summed E-state index contributed by atoms with van der Waals surface area (Å²) in [5.74, 6) is -0.194. The van der Waals surface area contributed by atoms with E-state index < -0.39 is 6.61 Å². The van der Waals surface area contributed by atoms with Gasteiger partial charge in [0.25, 0.3) is 0 Å². The van der Waals surface area contributed by atoms with Gasteiger partial charge in [-0.05, 0) is 12.8 Å². The minimum atomic E-state index is -0.405. The number of nitrogens with zero attached hydrogens (tertiary/aromatic N) is 3. The van der Waals surface area contributed by atoms with Crippen molar-refractivity contribution in [2.75, 3.05) is 26.8 Å². The van der Waals surface area contributed by atoms with Gasteiger partial charge in [-0.15, -0.1) is 0 Å². The summed E-state index contributed by atoms with van der Waals surface area (Å²) >= 11 is 0. The molecule has 6 heteroatoms. The van der Waals surface area contributed by atoms with Gasteiger partial charge >= 0.3 is 0 Å². The third-order valence-corrected chi connectivity index (χ3v) is 3.21. The number of aliphatic hydroxyl groups excluding tert-OH is 1. The van der Waals surface area contributed by atoms with Crippen molar-refractivity contribution < 1.29 is 14.6 Å². The molecule has 1 saturated heterocycles. The number of amides is 1. The molecule has 0 spiro atoms. The number of methoxy groups -OCH3 is 1. The molecule has 1 aromatic heterocycles. The molecule has 18 heavy (non-hydrogen) atoms. The fourth-order valence-electron chi connectivity index (χ4n) is 2.21. The number of ether oxygens (including phenoxy) is 1. The van der Waals surface area contributed by atoms with E-state index in [2.05, 4.69) is 11.2 Å². The molecule has 1 aromatic rings. The number of aliphatic hydroxyl groups is 1. The maximum Gasteiger partial charge on any atom is 0.248 e. The summed E-state index contributed by atoms with van der Waals surface area (Å²) in [5, 5.41) is 13.2. The van der Waals surface area contributed by atoms with Gasteiger partial charge in [0, 0.05) is 32.5 Å². The van der Waals surface area contributed by atoms with Gasteiger partial charge in [0.15, 0.2) is 0 Å². The number of aromatic nitrogens is 2. The molecule has 0 saturated carbocycles. The topological polar surface area (TPSA) is 67.6 Å². The Morgan fingerprint density at radius 1 is 1.61 bits per heavy atom. The van der Waals surface area contributed by atoms with E-state index >= 15 is 0 Å². The minimum absolute atomic E-state index is 0.194. The third-order valence-electron chi connectivity index (χ3n) is 3.21. The van der Waals surface area contributed by atoms with Crippen molar-refractivity contribution in [3.63, 3.8) is 0 Å². The fraction of sp³-hybridized carbons (Fsp3) is 0.667. The fourth-order valence-corrected chi connectivity index (χ4v) is 2.21. The van der Waals surface area contributed by atoms with Crippen LogP contribution in [0, 0.1) is 6.07 Å². The first-order valence-corrected chi connectivity index (χ1v) is 6.08. The largest absolute Gasteiger partial charge is 0.387 e. The monoisotopic (exact) mass is 252 g/mol. The maximum atomic E-state index is 11.3. The highest BCUT2D eigenvalue weighted by molar-refractivity contribution is 5.77. The number of hydrogen-bond donors (Lipinski definition) is 1. The molecule has 2 heterocycles. The second kappa shape index (κ2) is 5.97. The van der Waals surface area contributed by atoms with Crippen molar-refractivity contribution in [3.8, 4) is 0 Å². The summed E-state index contributed by atoms with van der Waals surface area (Å²) in [5.41, 5.74) is 0.798. The summed E-state index contributed by atoms with van der Waals surface area (Å²) in [7, 11) is 1.63. The van der Waals surface area contributed by atoms with Crippen LogP contribution in [0.15, 0.2) is 6.20 Å². The van der Waals surface area contributed by atoms with Crippen molar-refractivity contribution in [2.24, 2.45) is 0 Å². The van der Waals surface area contributed by atoms with Crippen LogP contribution in [0.25, 0.3) is 0 Å². The Morgan fingerprint density at radius 3 is 2.94 bits per heavy atom. The van der Waals surface area contributed by atoms with Crippen LogP contribution in [0.2, 0.25) is 0 Å². The number of rotatable bonds is 4. The van der Waals surface area contributed by atoms with Crippen LogP contribution in [-0.4, -0.2) is 52.5 Å². The van der Waals surface area contributed by atoms with Gasteiger partial charge in [-0.3, -0.25) is 9.48 Å². The zero-order valence-corrected chi connectivity index (χ0v) is 10.5. The Morgan fingerprint density at radius 2 is 2.33 bits per heavy atom. The smallest absolute Gasteiger partial charge is 0.248 e. The van der Waals surface area contributed by atoms with Crippen LogP contribution in [-0.2, 0) is 16.1 Å². The highest BCUT2D eigenvalue weighted by Crippen LogP contribution is 2.21. The molecule has 1 radical (unpaired) electrons. The Bertz CT molecular complexity index is 397. The van der Waals surface area contributed by atoms with Gasteiger partial charge in [-0.25, -0.2) is 0 Å². The number of carbonyl (C=O) groups excluding carboxylic acids is 1. The van der Waals surface area contributed by atoms with Crippen molar-refractivity contribution in [1.82, 2.24) is 14.7 Å². The second-order valence-electron chi connectivity index (χ2n) is 4.40.